The number of piperidine rings is 2. The summed E-state index contributed by atoms with van der Waals surface area (Å²) in [6, 6.07) is 0.709. The molecular weight excluding hydrogens is 238 g/mol. The Bertz CT molecular complexity index is 308. The van der Waals surface area contributed by atoms with Crippen LogP contribution in [-0.2, 0) is 4.79 Å². The topological polar surface area (TPSA) is 49.6 Å². The minimum atomic E-state index is 0.340. The van der Waals surface area contributed by atoms with Gasteiger partial charge in [0.2, 0.25) is 5.91 Å². The summed E-state index contributed by atoms with van der Waals surface area (Å²) in [6.07, 6.45) is 5.33. The molecule has 1 amide bonds. The molecule has 0 aromatic carbocycles. The minimum absolute atomic E-state index is 0.340. The van der Waals surface area contributed by atoms with Crippen molar-refractivity contribution in [1.82, 2.24) is 9.80 Å². The average molecular weight is 267 g/mol. The van der Waals surface area contributed by atoms with Gasteiger partial charge < -0.3 is 15.5 Å². The van der Waals surface area contributed by atoms with E-state index in [1.54, 1.807) is 0 Å². The largest absolute Gasteiger partial charge is 0.342 e. The summed E-state index contributed by atoms with van der Waals surface area (Å²) in [5, 5.41) is 0. The number of fused-ring (bicyclic) bond motifs is 1. The molecule has 2 saturated heterocycles. The molecule has 0 aliphatic carbocycles. The van der Waals surface area contributed by atoms with Crippen LogP contribution in [0.4, 0.5) is 0 Å². The normalized spacial score (nSPS) is 29.9. The summed E-state index contributed by atoms with van der Waals surface area (Å²) in [6.45, 7) is 5.95. The predicted octanol–water partition coefficient (Wildman–Crippen LogP) is 1.30. The SMILES string of the molecule is CC(CN)CCC(=O)N1CCC2C(CCCN2C)C1. The zero-order chi connectivity index (χ0) is 13.8. The number of likely N-dealkylation sites (tertiary alicyclic amines) is 2. The van der Waals surface area contributed by atoms with E-state index in [9.17, 15) is 4.79 Å². The Kier molecular flexibility index (Phi) is 5.22. The van der Waals surface area contributed by atoms with E-state index in [4.69, 9.17) is 5.73 Å². The van der Waals surface area contributed by atoms with Gasteiger partial charge in [0, 0.05) is 25.6 Å². The third-order valence-electron chi connectivity index (χ3n) is 4.95. The quantitative estimate of drug-likeness (QED) is 0.835. The van der Waals surface area contributed by atoms with E-state index in [1.807, 2.05) is 0 Å². The van der Waals surface area contributed by atoms with Gasteiger partial charge in [0.05, 0.1) is 0 Å². The summed E-state index contributed by atoms with van der Waals surface area (Å²) in [5.41, 5.74) is 5.61. The van der Waals surface area contributed by atoms with Crippen LogP contribution in [0.3, 0.4) is 0 Å². The summed E-state index contributed by atoms with van der Waals surface area (Å²) < 4.78 is 0. The van der Waals surface area contributed by atoms with Gasteiger partial charge >= 0.3 is 0 Å². The molecule has 2 fully saturated rings. The maximum atomic E-state index is 12.2. The molecule has 0 spiro atoms. The first-order valence-corrected chi connectivity index (χ1v) is 7.80. The van der Waals surface area contributed by atoms with Gasteiger partial charge in [-0.3, -0.25) is 4.79 Å². The molecule has 2 aliphatic rings. The third-order valence-corrected chi connectivity index (χ3v) is 4.95. The Morgan fingerprint density at radius 1 is 1.37 bits per heavy atom. The summed E-state index contributed by atoms with van der Waals surface area (Å²) in [4.78, 5) is 16.8. The average Bonchev–Trinajstić information content (AvgIpc) is 2.44. The number of hydrogen-bond donors (Lipinski definition) is 1. The molecule has 110 valence electrons. The molecule has 4 nitrogen and oxygen atoms in total. The molecule has 0 saturated carbocycles. The monoisotopic (exact) mass is 267 g/mol. The molecule has 0 aromatic heterocycles. The highest BCUT2D eigenvalue weighted by Crippen LogP contribution is 2.29. The van der Waals surface area contributed by atoms with Crippen molar-refractivity contribution in [2.45, 2.75) is 45.1 Å². The lowest BCUT2D eigenvalue weighted by molar-refractivity contribution is -0.135. The molecule has 2 aliphatic heterocycles. The van der Waals surface area contributed by atoms with E-state index in [-0.39, 0.29) is 0 Å². The van der Waals surface area contributed by atoms with Crippen LogP contribution in [0.15, 0.2) is 0 Å². The first kappa shape index (κ1) is 14.8. The maximum absolute atomic E-state index is 12.2. The standard InChI is InChI=1S/C15H29N3O/c1-12(10-16)5-6-15(19)18-9-7-14-13(11-18)4-3-8-17(14)2/h12-14H,3-11,16H2,1-2H3. The van der Waals surface area contributed by atoms with Crippen LogP contribution in [0.1, 0.15) is 39.0 Å². The second-order valence-corrected chi connectivity index (χ2v) is 6.46. The second-order valence-electron chi connectivity index (χ2n) is 6.46. The fraction of sp³-hybridized carbons (Fsp3) is 0.933. The van der Waals surface area contributed by atoms with Crippen LogP contribution in [-0.4, -0.2) is 55.0 Å². The third kappa shape index (κ3) is 3.69. The molecular formula is C15H29N3O. The van der Waals surface area contributed by atoms with Crippen molar-refractivity contribution < 1.29 is 4.79 Å². The fourth-order valence-electron chi connectivity index (χ4n) is 3.52. The van der Waals surface area contributed by atoms with Crippen molar-refractivity contribution >= 4 is 5.91 Å². The summed E-state index contributed by atoms with van der Waals surface area (Å²) >= 11 is 0. The number of rotatable bonds is 4. The van der Waals surface area contributed by atoms with Gasteiger partial charge in [0.15, 0.2) is 0 Å². The fourth-order valence-corrected chi connectivity index (χ4v) is 3.52. The van der Waals surface area contributed by atoms with Gasteiger partial charge in [0.1, 0.15) is 0 Å². The van der Waals surface area contributed by atoms with Gasteiger partial charge in [-0.05, 0) is 57.7 Å². The van der Waals surface area contributed by atoms with Gasteiger partial charge in [0.25, 0.3) is 0 Å². The van der Waals surface area contributed by atoms with E-state index in [2.05, 4.69) is 23.8 Å². The minimum Gasteiger partial charge on any atom is -0.342 e. The summed E-state index contributed by atoms with van der Waals surface area (Å²) in [5.74, 6) is 1.50. The van der Waals surface area contributed by atoms with Crippen LogP contribution in [0.5, 0.6) is 0 Å². The Morgan fingerprint density at radius 3 is 2.89 bits per heavy atom. The van der Waals surface area contributed by atoms with Crippen molar-refractivity contribution in [1.29, 1.82) is 0 Å². The van der Waals surface area contributed by atoms with E-state index < -0.39 is 0 Å². The highest BCUT2D eigenvalue weighted by molar-refractivity contribution is 5.76. The van der Waals surface area contributed by atoms with Crippen LogP contribution < -0.4 is 5.73 Å². The van der Waals surface area contributed by atoms with E-state index in [1.165, 1.54) is 19.4 Å². The number of amides is 1. The molecule has 0 aromatic rings. The highest BCUT2D eigenvalue weighted by Gasteiger charge is 2.35. The van der Waals surface area contributed by atoms with Gasteiger partial charge in [-0.15, -0.1) is 0 Å². The van der Waals surface area contributed by atoms with Gasteiger partial charge in [-0.25, -0.2) is 0 Å². The van der Waals surface area contributed by atoms with Crippen molar-refractivity contribution in [2.24, 2.45) is 17.6 Å². The number of nitrogens with zero attached hydrogens (tertiary/aromatic N) is 2. The molecule has 4 heteroatoms. The first-order valence-electron chi connectivity index (χ1n) is 7.80. The number of carbonyl (C=O) groups is 1. The zero-order valence-electron chi connectivity index (χ0n) is 12.5. The lowest BCUT2D eigenvalue weighted by Gasteiger charge is -2.46. The van der Waals surface area contributed by atoms with Crippen LogP contribution in [0, 0.1) is 11.8 Å². The zero-order valence-corrected chi connectivity index (χ0v) is 12.5. The number of carbonyl (C=O) groups excluding carboxylic acids is 1. The lowest BCUT2D eigenvalue weighted by atomic mass is 9.84. The van der Waals surface area contributed by atoms with Crippen molar-refractivity contribution in [2.75, 3.05) is 33.2 Å². The Balaban J connectivity index is 1.81. The van der Waals surface area contributed by atoms with Crippen molar-refractivity contribution in [3.8, 4) is 0 Å². The van der Waals surface area contributed by atoms with E-state index >= 15 is 0 Å². The molecule has 0 radical (unpaired) electrons. The van der Waals surface area contributed by atoms with Crippen molar-refractivity contribution in [3.05, 3.63) is 0 Å². The Labute approximate surface area is 117 Å². The van der Waals surface area contributed by atoms with Crippen LogP contribution in [0.25, 0.3) is 0 Å². The number of hydrogen-bond acceptors (Lipinski definition) is 3. The first-order chi connectivity index (χ1) is 9.11. The van der Waals surface area contributed by atoms with E-state index in [0.717, 1.165) is 25.9 Å². The molecule has 2 N–H and O–H groups in total. The van der Waals surface area contributed by atoms with Gasteiger partial charge in [-0.2, -0.15) is 0 Å². The van der Waals surface area contributed by atoms with Crippen LogP contribution in [0.2, 0.25) is 0 Å². The Morgan fingerprint density at radius 2 is 2.16 bits per heavy atom. The van der Waals surface area contributed by atoms with Gasteiger partial charge in [-0.1, -0.05) is 6.92 Å². The maximum Gasteiger partial charge on any atom is 0.222 e. The number of nitrogens with two attached hydrogens (primary N) is 1. The molecule has 3 unspecified atom stereocenters. The lowest BCUT2D eigenvalue weighted by Crippen LogP contribution is -2.53. The predicted molar refractivity (Wildman–Crippen MR) is 77.8 cm³/mol. The Hall–Kier alpha value is -0.610. The highest BCUT2D eigenvalue weighted by atomic mass is 16.2. The molecule has 3 atom stereocenters. The second kappa shape index (κ2) is 6.71. The molecule has 2 rings (SSSR count). The summed E-state index contributed by atoms with van der Waals surface area (Å²) in [7, 11) is 2.23. The molecule has 2 heterocycles. The molecule has 0 bridgehead atoms. The van der Waals surface area contributed by atoms with Crippen LogP contribution >= 0.6 is 0 Å². The van der Waals surface area contributed by atoms with E-state index in [0.29, 0.717) is 36.8 Å². The smallest absolute Gasteiger partial charge is 0.222 e. The van der Waals surface area contributed by atoms with Crippen molar-refractivity contribution in [3.63, 3.8) is 0 Å². The molecule has 19 heavy (non-hydrogen) atoms.